The summed E-state index contributed by atoms with van der Waals surface area (Å²) in [5, 5.41) is 15.1. The van der Waals surface area contributed by atoms with Crippen LogP contribution in [0, 0.1) is 11.3 Å². The first-order chi connectivity index (χ1) is 8.91. The van der Waals surface area contributed by atoms with Gasteiger partial charge in [0.2, 0.25) is 0 Å². The minimum atomic E-state index is -0.819. The molecule has 0 aliphatic rings. The summed E-state index contributed by atoms with van der Waals surface area (Å²) >= 11 is 1.25. The zero-order valence-corrected chi connectivity index (χ0v) is 12.0. The van der Waals surface area contributed by atoms with Crippen molar-refractivity contribution in [3.05, 3.63) is 20.7 Å². The summed E-state index contributed by atoms with van der Waals surface area (Å²) in [6, 6.07) is 2.21. The molecule has 8 heteroatoms. The molecule has 0 saturated carbocycles. The molecule has 0 aliphatic heterocycles. The van der Waals surface area contributed by atoms with Crippen molar-refractivity contribution in [1.29, 1.82) is 5.26 Å². The van der Waals surface area contributed by atoms with Crippen LogP contribution in [0.25, 0.3) is 0 Å². The third kappa shape index (κ3) is 4.22. The van der Waals surface area contributed by atoms with Crippen LogP contribution >= 0.6 is 11.8 Å². The van der Waals surface area contributed by atoms with Gasteiger partial charge in [-0.3, -0.25) is 24.7 Å². The molecule has 1 heterocycles. The zero-order chi connectivity index (χ0) is 14.5. The smallest absolute Gasteiger partial charge is 0.299 e. The number of rotatable bonds is 6. The SMILES string of the molecule is CCCNC(C)(C#N)CSc1nc(=O)c(=O)[nH]n1C. The van der Waals surface area contributed by atoms with Crippen molar-refractivity contribution in [3.8, 4) is 6.07 Å². The Labute approximate surface area is 115 Å². The van der Waals surface area contributed by atoms with Gasteiger partial charge in [0, 0.05) is 12.8 Å². The molecular weight excluding hydrogens is 266 g/mol. The molecule has 1 rings (SSSR count). The highest BCUT2D eigenvalue weighted by Crippen LogP contribution is 2.18. The van der Waals surface area contributed by atoms with E-state index in [1.54, 1.807) is 14.0 Å². The first kappa shape index (κ1) is 15.5. The second-order valence-corrected chi connectivity index (χ2v) is 5.30. The third-order valence-corrected chi connectivity index (χ3v) is 3.79. The van der Waals surface area contributed by atoms with Gasteiger partial charge in [0.05, 0.1) is 6.07 Å². The highest BCUT2D eigenvalue weighted by atomic mass is 32.2. The van der Waals surface area contributed by atoms with E-state index in [0.717, 1.165) is 13.0 Å². The Kier molecular flexibility index (Phi) is 5.32. The van der Waals surface area contributed by atoms with Crippen LogP contribution in [-0.4, -0.2) is 32.6 Å². The molecule has 1 aromatic heterocycles. The lowest BCUT2D eigenvalue weighted by Crippen LogP contribution is -2.44. The first-order valence-corrected chi connectivity index (χ1v) is 6.87. The third-order valence-electron chi connectivity index (χ3n) is 2.45. The summed E-state index contributed by atoms with van der Waals surface area (Å²) in [5.41, 5.74) is -2.27. The molecule has 1 aromatic rings. The molecule has 1 unspecified atom stereocenters. The number of nitriles is 1. The maximum absolute atomic E-state index is 11.2. The van der Waals surface area contributed by atoms with Crippen molar-refractivity contribution in [2.45, 2.75) is 31.0 Å². The van der Waals surface area contributed by atoms with E-state index >= 15 is 0 Å². The van der Waals surface area contributed by atoms with Gasteiger partial charge in [0.15, 0.2) is 5.16 Å². The van der Waals surface area contributed by atoms with Crippen LogP contribution in [0.3, 0.4) is 0 Å². The van der Waals surface area contributed by atoms with E-state index < -0.39 is 16.7 Å². The van der Waals surface area contributed by atoms with E-state index in [0.29, 0.717) is 10.9 Å². The molecule has 0 aromatic carbocycles. The lowest BCUT2D eigenvalue weighted by Gasteiger charge is -2.22. The number of aromatic nitrogens is 3. The van der Waals surface area contributed by atoms with Crippen molar-refractivity contribution >= 4 is 11.8 Å². The first-order valence-electron chi connectivity index (χ1n) is 5.88. The van der Waals surface area contributed by atoms with E-state index in [-0.39, 0.29) is 0 Å². The average Bonchev–Trinajstić information content (AvgIpc) is 2.39. The van der Waals surface area contributed by atoms with Gasteiger partial charge in [-0.25, -0.2) is 0 Å². The minimum absolute atomic E-state index is 0.379. The Morgan fingerprint density at radius 3 is 2.84 bits per heavy atom. The van der Waals surface area contributed by atoms with Crippen LogP contribution in [0.15, 0.2) is 14.7 Å². The fraction of sp³-hybridized carbons (Fsp3) is 0.636. The highest BCUT2D eigenvalue weighted by molar-refractivity contribution is 7.99. The van der Waals surface area contributed by atoms with E-state index in [9.17, 15) is 14.9 Å². The summed E-state index contributed by atoms with van der Waals surface area (Å²) in [5.74, 6) is 0.426. The van der Waals surface area contributed by atoms with Crippen molar-refractivity contribution in [3.63, 3.8) is 0 Å². The number of aryl methyl sites for hydroxylation is 1. The Hall–Kier alpha value is -1.59. The number of aromatic amines is 1. The van der Waals surface area contributed by atoms with Crippen molar-refractivity contribution < 1.29 is 0 Å². The van der Waals surface area contributed by atoms with E-state index in [1.165, 1.54) is 16.4 Å². The van der Waals surface area contributed by atoms with Crippen LogP contribution in [0.5, 0.6) is 0 Å². The summed E-state index contributed by atoms with van der Waals surface area (Å²) in [6.07, 6.45) is 0.928. The molecular formula is C11H17N5O2S. The van der Waals surface area contributed by atoms with Crippen LogP contribution in [0.4, 0.5) is 0 Å². The summed E-state index contributed by atoms with van der Waals surface area (Å²) in [4.78, 5) is 25.9. The molecule has 0 radical (unpaired) electrons. The molecule has 0 amide bonds. The fourth-order valence-electron chi connectivity index (χ4n) is 1.32. The quantitative estimate of drug-likeness (QED) is 0.555. The largest absolute Gasteiger partial charge is 0.339 e. The van der Waals surface area contributed by atoms with Gasteiger partial charge >= 0.3 is 11.1 Å². The van der Waals surface area contributed by atoms with Crippen molar-refractivity contribution in [1.82, 2.24) is 20.1 Å². The van der Waals surface area contributed by atoms with Gasteiger partial charge in [0.25, 0.3) is 0 Å². The predicted molar refractivity (Wildman–Crippen MR) is 73.1 cm³/mol. The molecule has 0 fully saturated rings. The van der Waals surface area contributed by atoms with E-state index in [1.807, 2.05) is 6.92 Å². The number of hydrogen-bond donors (Lipinski definition) is 2. The van der Waals surface area contributed by atoms with Gasteiger partial charge in [-0.05, 0) is 19.9 Å². The fourth-order valence-corrected chi connectivity index (χ4v) is 2.29. The average molecular weight is 283 g/mol. The summed E-state index contributed by atoms with van der Waals surface area (Å²) in [7, 11) is 1.60. The van der Waals surface area contributed by atoms with Crippen LogP contribution in [0.2, 0.25) is 0 Å². The molecule has 2 N–H and O–H groups in total. The van der Waals surface area contributed by atoms with Gasteiger partial charge in [-0.1, -0.05) is 18.7 Å². The molecule has 0 saturated heterocycles. The summed E-state index contributed by atoms with van der Waals surface area (Å²) in [6.45, 7) is 4.55. The Balaban J connectivity index is 2.81. The standard InChI is InChI=1S/C11H17N5O2S/c1-4-5-13-11(2,6-12)7-19-10-14-8(17)9(18)15-16(10)3/h13H,4-5,7H2,1-3H3,(H,15,18). The molecule has 7 nitrogen and oxygen atoms in total. The van der Waals surface area contributed by atoms with Crippen LogP contribution in [-0.2, 0) is 7.05 Å². The lowest BCUT2D eigenvalue weighted by molar-refractivity contribution is 0.492. The van der Waals surface area contributed by atoms with Crippen molar-refractivity contribution in [2.24, 2.45) is 7.05 Å². The molecule has 0 aliphatic carbocycles. The number of nitrogens with one attached hydrogen (secondary N) is 2. The predicted octanol–water partition coefficient (Wildman–Crippen LogP) is -0.157. The lowest BCUT2D eigenvalue weighted by atomic mass is 10.1. The molecule has 0 bridgehead atoms. The van der Waals surface area contributed by atoms with E-state index in [4.69, 9.17) is 0 Å². The Morgan fingerprint density at radius 1 is 1.58 bits per heavy atom. The maximum Gasteiger partial charge on any atom is 0.339 e. The normalized spacial score (nSPS) is 13.8. The molecule has 0 spiro atoms. The van der Waals surface area contributed by atoms with Gasteiger partial charge in [-0.2, -0.15) is 10.2 Å². The second-order valence-electron chi connectivity index (χ2n) is 4.36. The number of nitrogens with zero attached hydrogens (tertiary/aromatic N) is 3. The van der Waals surface area contributed by atoms with Crippen molar-refractivity contribution in [2.75, 3.05) is 12.3 Å². The van der Waals surface area contributed by atoms with Gasteiger partial charge in [0.1, 0.15) is 5.54 Å². The monoisotopic (exact) mass is 283 g/mol. The number of thioether (sulfide) groups is 1. The number of hydrogen-bond acceptors (Lipinski definition) is 6. The Morgan fingerprint density at radius 2 is 2.26 bits per heavy atom. The second kappa shape index (κ2) is 6.54. The van der Waals surface area contributed by atoms with Gasteiger partial charge in [-0.15, -0.1) is 0 Å². The summed E-state index contributed by atoms with van der Waals surface area (Å²) < 4.78 is 1.38. The molecule has 104 valence electrons. The topological polar surface area (TPSA) is 104 Å². The number of H-pyrrole nitrogens is 1. The van der Waals surface area contributed by atoms with E-state index in [2.05, 4.69) is 21.5 Å². The van der Waals surface area contributed by atoms with Crippen LogP contribution < -0.4 is 16.4 Å². The molecule has 1 atom stereocenters. The zero-order valence-electron chi connectivity index (χ0n) is 11.2. The molecule has 19 heavy (non-hydrogen) atoms. The van der Waals surface area contributed by atoms with Crippen LogP contribution in [0.1, 0.15) is 20.3 Å². The Bertz CT molecular complexity index is 588. The maximum atomic E-state index is 11.2. The highest BCUT2D eigenvalue weighted by Gasteiger charge is 2.23. The minimum Gasteiger partial charge on any atom is -0.299 e. The van der Waals surface area contributed by atoms with Gasteiger partial charge < -0.3 is 0 Å².